The molecule has 4 aliphatic rings. The van der Waals surface area contributed by atoms with E-state index >= 15 is 0 Å². The molecule has 4 fully saturated rings. The zero-order valence-electron chi connectivity index (χ0n) is 19.4. The van der Waals surface area contributed by atoms with Gasteiger partial charge in [0.1, 0.15) is 0 Å². The maximum absolute atomic E-state index is 13.3. The Labute approximate surface area is 205 Å². The van der Waals surface area contributed by atoms with Crippen LogP contribution >= 0.6 is 23.4 Å². The second kappa shape index (κ2) is 9.59. The summed E-state index contributed by atoms with van der Waals surface area (Å²) in [5.41, 5.74) is 0.872. The topological polar surface area (TPSA) is 69.0 Å². The second-order valence-electron chi connectivity index (χ2n) is 10.2. The number of nitrogens with zero attached hydrogens (tertiary/aromatic N) is 3. The Morgan fingerprint density at radius 2 is 1.88 bits per heavy atom. The van der Waals surface area contributed by atoms with Crippen LogP contribution in [0.5, 0.6) is 0 Å². The number of ether oxygens (including phenoxy) is 1. The third kappa shape index (κ3) is 4.82. The number of carbonyl (C=O) groups is 1. The number of aromatic nitrogens is 3. The average molecular weight is 489 g/mol. The maximum Gasteiger partial charge on any atom is 0.233 e. The SMILES string of the molecule is COCCCn1c(SC(C)C(=O)NC23CC4CC(CC(C4)C2)C3)nnc1-c1ccccc1Cl. The lowest BCUT2D eigenvalue weighted by molar-refractivity contribution is -0.126. The van der Waals surface area contributed by atoms with Gasteiger partial charge in [0.25, 0.3) is 0 Å². The van der Waals surface area contributed by atoms with E-state index in [1.165, 1.54) is 31.0 Å². The van der Waals surface area contributed by atoms with E-state index in [4.69, 9.17) is 16.3 Å². The zero-order chi connectivity index (χ0) is 23.0. The van der Waals surface area contributed by atoms with E-state index in [1.54, 1.807) is 7.11 Å². The van der Waals surface area contributed by atoms with Gasteiger partial charge in [-0.3, -0.25) is 4.79 Å². The van der Waals surface area contributed by atoms with Crippen LogP contribution < -0.4 is 5.32 Å². The number of carbonyl (C=O) groups excluding carboxylic acids is 1. The highest BCUT2D eigenvalue weighted by atomic mass is 35.5. The van der Waals surface area contributed by atoms with Gasteiger partial charge in [0.2, 0.25) is 5.91 Å². The van der Waals surface area contributed by atoms with Crippen LogP contribution in [-0.4, -0.2) is 45.2 Å². The highest BCUT2D eigenvalue weighted by Crippen LogP contribution is 2.55. The highest BCUT2D eigenvalue weighted by Gasteiger charge is 2.51. The molecule has 1 N–H and O–H groups in total. The average Bonchev–Trinajstić information content (AvgIpc) is 3.15. The summed E-state index contributed by atoms with van der Waals surface area (Å²) in [6.45, 7) is 3.32. The lowest BCUT2D eigenvalue weighted by Gasteiger charge is -2.57. The molecule has 1 aromatic carbocycles. The molecular weight excluding hydrogens is 456 g/mol. The summed E-state index contributed by atoms with van der Waals surface area (Å²) in [5, 5.41) is 13.6. The van der Waals surface area contributed by atoms with E-state index in [1.807, 2.05) is 31.2 Å². The molecule has 1 amide bonds. The van der Waals surface area contributed by atoms with Crippen LogP contribution in [-0.2, 0) is 16.1 Å². The molecular formula is C25H33ClN4O2S. The Kier molecular flexibility index (Phi) is 6.74. The van der Waals surface area contributed by atoms with Crippen molar-refractivity contribution in [3.63, 3.8) is 0 Å². The van der Waals surface area contributed by atoms with Crippen molar-refractivity contribution >= 4 is 29.3 Å². The Balaban J connectivity index is 1.32. The summed E-state index contributed by atoms with van der Waals surface area (Å²) in [5.74, 6) is 3.27. The van der Waals surface area contributed by atoms with Crippen LogP contribution in [0.2, 0.25) is 5.02 Å². The van der Waals surface area contributed by atoms with Crippen molar-refractivity contribution in [2.75, 3.05) is 13.7 Å². The van der Waals surface area contributed by atoms with Gasteiger partial charge in [-0.1, -0.05) is 35.5 Å². The van der Waals surface area contributed by atoms with Crippen molar-refractivity contribution in [2.24, 2.45) is 17.8 Å². The molecule has 4 aliphatic carbocycles. The van der Waals surface area contributed by atoms with Gasteiger partial charge in [0.15, 0.2) is 11.0 Å². The molecule has 0 radical (unpaired) electrons. The number of hydrogen-bond donors (Lipinski definition) is 1. The number of thioether (sulfide) groups is 1. The van der Waals surface area contributed by atoms with Crippen LogP contribution in [0.1, 0.15) is 51.9 Å². The third-order valence-corrected chi connectivity index (χ3v) is 9.05. The van der Waals surface area contributed by atoms with Gasteiger partial charge in [0.05, 0.1) is 10.3 Å². The van der Waals surface area contributed by atoms with E-state index in [-0.39, 0.29) is 16.7 Å². The van der Waals surface area contributed by atoms with Crippen molar-refractivity contribution in [3.8, 4) is 11.4 Å². The van der Waals surface area contributed by atoms with Gasteiger partial charge in [0, 0.05) is 31.4 Å². The summed E-state index contributed by atoms with van der Waals surface area (Å²) < 4.78 is 7.32. The second-order valence-corrected chi connectivity index (χ2v) is 11.9. The van der Waals surface area contributed by atoms with E-state index in [0.29, 0.717) is 18.2 Å². The van der Waals surface area contributed by atoms with E-state index < -0.39 is 0 Å². The molecule has 8 heteroatoms. The molecule has 0 spiro atoms. The quantitative estimate of drug-likeness (QED) is 0.388. The van der Waals surface area contributed by atoms with Gasteiger partial charge >= 0.3 is 0 Å². The fraction of sp³-hybridized carbons (Fsp3) is 0.640. The normalized spacial score (nSPS) is 28.8. The number of benzene rings is 1. The van der Waals surface area contributed by atoms with Crippen molar-refractivity contribution < 1.29 is 9.53 Å². The molecule has 0 aliphatic heterocycles. The van der Waals surface area contributed by atoms with Crippen LogP contribution in [0.25, 0.3) is 11.4 Å². The number of hydrogen-bond acceptors (Lipinski definition) is 5. The molecule has 1 heterocycles. The molecule has 178 valence electrons. The number of rotatable bonds is 9. The number of methoxy groups -OCH3 is 1. The summed E-state index contributed by atoms with van der Waals surface area (Å²) in [4.78, 5) is 13.3. The van der Waals surface area contributed by atoms with Crippen molar-refractivity contribution in [3.05, 3.63) is 29.3 Å². The van der Waals surface area contributed by atoms with Crippen LogP contribution in [0, 0.1) is 17.8 Å². The van der Waals surface area contributed by atoms with Gasteiger partial charge in [-0.15, -0.1) is 10.2 Å². The Morgan fingerprint density at radius 1 is 1.21 bits per heavy atom. The van der Waals surface area contributed by atoms with Gasteiger partial charge < -0.3 is 14.6 Å². The maximum atomic E-state index is 13.3. The molecule has 33 heavy (non-hydrogen) atoms. The molecule has 1 unspecified atom stereocenters. The highest BCUT2D eigenvalue weighted by molar-refractivity contribution is 8.00. The monoisotopic (exact) mass is 488 g/mol. The van der Waals surface area contributed by atoms with Crippen LogP contribution in [0.3, 0.4) is 0 Å². The Bertz CT molecular complexity index is 975. The minimum atomic E-state index is -0.248. The minimum Gasteiger partial charge on any atom is -0.385 e. The molecule has 1 aromatic heterocycles. The van der Waals surface area contributed by atoms with Gasteiger partial charge in [-0.25, -0.2) is 0 Å². The summed E-state index contributed by atoms with van der Waals surface area (Å²) in [7, 11) is 1.70. The number of amides is 1. The molecule has 6 nitrogen and oxygen atoms in total. The number of halogens is 1. The van der Waals surface area contributed by atoms with Crippen molar-refractivity contribution in [2.45, 2.75) is 74.4 Å². The van der Waals surface area contributed by atoms with Crippen LogP contribution in [0.15, 0.2) is 29.4 Å². The lowest BCUT2D eigenvalue weighted by atomic mass is 9.53. The fourth-order valence-electron chi connectivity index (χ4n) is 6.62. The molecule has 4 saturated carbocycles. The molecule has 0 saturated heterocycles. The van der Waals surface area contributed by atoms with E-state index in [0.717, 1.165) is 60.0 Å². The minimum absolute atomic E-state index is 0.0233. The molecule has 1 atom stereocenters. The first-order valence-electron chi connectivity index (χ1n) is 12.1. The van der Waals surface area contributed by atoms with Crippen molar-refractivity contribution in [1.29, 1.82) is 0 Å². The summed E-state index contributed by atoms with van der Waals surface area (Å²) >= 11 is 7.93. The lowest BCUT2D eigenvalue weighted by Crippen LogP contribution is -2.60. The van der Waals surface area contributed by atoms with E-state index in [2.05, 4.69) is 20.1 Å². The fourth-order valence-corrected chi connectivity index (χ4v) is 7.72. The Hall–Kier alpha value is -1.57. The summed E-state index contributed by atoms with van der Waals surface area (Å²) in [6, 6.07) is 7.67. The molecule has 6 rings (SSSR count). The van der Waals surface area contributed by atoms with Crippen LogP contribution in [0.4, 0.5) is 0 Å². The zero-order valence-corrected chi connectivity index (χ0v) is 21.0. The largest absolute Gasteiger partial charge is 0.385 e. The first-order chi connectivity index (χ1) is 16.0. The first-order valence-corrected chi connectivity index (χ1v) is 13.4. The Morgan fingerprint density at radius 3 is 2.52 bits per heavy atom. The third-order valence-electron chi connectivity index (χ3n) is 7.64. The standard InChI is InChI=1S/C25H33ClN4O2S/c1-16(23(31)27-25-13-17-10-18(14-25)12-19(11-17)15-25)33-24-29-28-22(30(24)8-5-9-32-2)20-6-3-4-7-21(20)26/h3-4,6-7,16-19H,5,8-15H2,1-2H3,(H,27,31). The number of nitrogens with one attached hydrogen (secondary N) is 1. The van der Waals surface area contributed by atoms with Crippen molar-refractivity contribution in [1.82, 2.24) is 20.1 Å². The van der Waals surface area contributed by atoms with Gasteiger partial charge in [-0.2, -0.15) is 0 Å². The predicted molar refractivity (Wildman–Crippen MR) is 131 cm³/mol. The first kappa shape index (κ1) is 23.2. The predicted octanol–water partition coefficient (Wildman–Crippen LogP) is 5.20. The smallest absolute Gasteiger partial charge is 0.233 e. The van der Waals surface area contributed by atoms with E-state index in [9.17, 15) is 4.79 Å². The summed E-state index contributed by atoms with van der Waals surface area (Å²) in [6.07, 6.45) is 8.41. The van der Waals surface area contributed by atoms with Gasteiger partial charge in [-0.05, 0) is 81.8 Å². The molecule has 4 bridgehead atoms. The molecule has 2 aromatic rings.